The highest BCUT2D eigenvalue weighted by Crippen LogP contribution is 2.53. The SMILES string of the molecule is CC1(C)CC2CC(C)(CN2C(=O)C2(N)CCC2)C1. The predicted octanol–water partition coefficient (Wildman–Crippen LogP) is 2.29. The summed E-state index contributed by atoms with van der Waals surface area (Å²) in [5.74, 6) is 0.236. The average Bonchev–Trinajstić information content (AvgIpc) is 2.43. The van der Waals surface area contributed by atoms with Crippen LogP contribution in [0, 0.1) is 10.8 Å². The van der Waals surface area contributed by atoms with Gasteiger partial charge in [0.1, 0.15) is 0 Å². The summed E-state index contributed by atoms with van der Waals surface area (Å²) < 4.78 is 0. The number of nitrogens with zero attached hydrogens (tertiary/aromatic N) is 1. The summed E-state index contributed by atoms with van der Waals surface area (Å²) in [5.41, 5.74) is 6.40. The Labute approximate surface area is 110 Å². The highest BCUT2D eigenvalue weighted by Gasteiger charge is 2.54. The number of hydrogen-bond acceptors (Lipinski definition) is 2. The van der Waals surface area contributed by atoms with E-state index in [0.717, 1.165) is 32.2 Å². The van der Waals surface area contributed by atoms with Crippen LogP contribution in [0.5, 0.6) is 0 Å². The zero-order valence-corrected chi connectivity index (χ0v) is 12.0. The second-order valence-electron chi connectivity index (χ2n) is 8.16. The van der Waals surface area contributed by atoms with Gasteiger partial charge in [0.05, 0.1) is 5.54 Å². The van der Waals surface area contributed by atoms with Gasteiger partial charge in [-0.05, 0) is 49.4 Å². The first-order chi connectivity index (χ1) is 8.23. The molecule has 1 aliphatic heterocycles. The van der Waals surface area contributed by atoms with Crippen LogP contribution < -0.4 is 5.73 Å². The van der Waals surface area contributed by atoms with E-state index < -0.39 is 5.54 Å². The van der Waals surface area contributed by atoms with Gasteiger partial charge in [-0.3, -0.25) is 4.79 Å². The second kappa shape index (κ2) is 3.50. The van der Waals surface area contributed by atoms with Crippen LogP contribution in [0.4, 0.5) is 0 Å². The molecule has 2 N–H and O–H groups in total. The number of amides is 1. The molecule has 1 saturated heterocycles. The van der Waals surface area contributed by atoms with Crippen LogP contribution in [0.1, 0.15) is 59.3 Å². The zero-order valence-electron chi connectivity index (χ0n) is 12.0. The Hall–Kier alpha value is -0.570. The summed E-state index contributed by atoms with van der Waals surface area (Å²) in [7, 11) is 0. The Morgan fingerprint density at radius 2 is 1.89 bits per heavy atom. The molecule has 2 atom stereocenters. The van der Waals surface area contributed by atoms with Gasteiger partial charge < -0.3 is 10.6 Å². The molecular weight excluding hydrogens is 224 g/mol. The third kappa shape index (κ3) is 1.78. The lowest BCUT2D eigenvalue weighted by Crippen LogP contribution is -2.60. The molecule has 2 unspecified atom stereocenters. The van der Waals surface area contributed by atoms with Gasteiger partial charge in [-0.2, -0.15) is 0 Å². The van der Waals surface area contributed by atoms with Gasteiger partial charge in [0.2, 0.25) is 5.91 Å². The minimum absolute atomic E-state index is 0.236. The molecule has 1 heterocycles. The normalized spacial score (nSPS) is 40.4. The monoisotopic (exact) mass is 250 g/mol. The van der Waals surface area contributed by atoms with Crippen molar-refractivity contribution in [2.45, 2.75) is 70.9 Å². The molecule has 2 aliphatic carbocycles. The minimum atomic E-state index is -0.516. The van der Waals surface area contributed by atoms with Gasteiger partial charge in [0.15, 0.2) is 0 Å². The lowest BCUT2D eigenvalue weighted by atomic mass is 9.65. The van der Waals surface area contributed by atoms with Crippen LogP contribution >= 0.6 is 0 Å². The predicted molar refractivity (Wildman–Crippen MR) is 72.0 cm³/mol. The van der Waals surface area contributed by atoms with Gasteiger partial charge in [0, 0.05) is 12.6 Å². The second-order valence-corrected chi connectivity index (χ2v) is 8.16. The highest BCUT2D eigenvalue weighted by molar-refractivity contribution is 5.87. The number of likely N-dealkylation sites (tertiary alicyclic amines) is 1. The van der Waals surface area contributed by atoms with Crippen LogP contribution in [0.2, 0.25) is 0 Å². The molecule has 102 valence electrons. The molecule has 3 nitrogen and oxygen atoms in total. The first-order valence-electron chi connectivity index (χ1n) is 7.33. The van der Waals surface area contributed by atoms with E-state index in [-0.39, 0.29) is 5.91 Å². The van der Waals surface area contributed by atoms with E-state index in [2.05, 4.69) is 25.7 Å². The molecule has 0 aromatic rings. The van der Waals surface area contributed by atoms with Crippen LogP contribution in [0.15, 0.2) is 0 Å². The van der Waals surface area contributed by atoms with Crippen molar-refractivity contribution in [1.29, 1.82) is 0 Å². The van der Waals surface area contributed by atoms with E-state index in [9.17, 15) is 4.79 Å². The third-order valence-electron chi connectivity index (χ3n) is 5.35. The molecule has 2 saturated carbocycles. The molecule has 18 heavy (non-hydrogen) atoms. The van der Waals surface area contributed by atoms with Gasteiger partial charge in [-0.1, -0.05) is 20.8 Å². The van der Waals surface area contributed by atoms with E-state index >= 15 is 0 Å². The highest BCUT2D eigenvalue weighted by atomic mass is 16.2. The van der Waals surface area contributed by atoms with E-state index in [4.69, 9.17) is 5.73 Å². The number of fused-ring (bicyclic) bond motifs is 2. The summed E-state index contributed by atoms with van der Waals surface area (Å²) in [6.07, 6.45) is 6.44. The van der Waals surface area contributed by atoms with Crippen molar-refractivity contribution in [3.8, 4) is 0 Å². The Morgan fingerprint density at radius 1 is 1.22 bits per heavy atom. The lowest BCUT2D eigenvalue weighted by molar-refractivity contribution is -0.141. The fourth-order valence-corrected chi connectivity index (χ4v) is 4.75. The number of nitrogens with two attached hydrogens (primary N) is 1. The fourth-order valence-electron chi connectivity index (χ4n) is 4.75. The van der Waals surface area contributed by atoms with Crippen molar-refractivity contribution in [3.63, 3.8) is 0 Å². The van der Waals surface area contributed by atoms with E-state index in [0.29, 0.717) is 16.9 Å². The molecule has 0 aromatic heterocycles. The van der Waals surface area contributed by atoms with Crippen molar-refractivity contribution in [2.24, 2.45) is 16.6 Å². The first-order valence-corrected chi connectivity index (χ1v) is 7.33. The molecule has 2 bridgehead atoms. The summed E-state index contributed by atoms with van der Waals surface area (Å²) in [5, 5.41) is 0. The van der Waals surface area contributed by atoms with Crippen LogP contribution in [0.3, 0.4) is 0 Å². The Morgan fingerprint density at radius 3 is 2.44 bits per heavy atom. The van der Waals surface area contributed by atoms with Crippen molar-refractivity contribution in [2.75, 3.05) is 6.54 Å². The molecule has 0 spiro atoms. The topological polar surface area (TPSA) is 46.3 Å². The molecular formula is C15H26N2O. The van der Waals surface area contributed by atoms with E-state index in [1.54, 1.807) is 0 Å². The van der Waals surface area contributed by atoms with E-state index in [1.165, 1.54) is 12.8 Å². The summed E-state index contributed by atoms with van der Waals surface area (Å²) in [4.78, 5) is 14.8. The van der Waals surface area contributed by atoms with Crippen molar-refractivity contribution in [1.82, 2.24) is 4.90 Å². The molecule has 3 rings (SSSR count). The molecule has 3 heteroatoms. The van der Waals surface area contributed by atoms with Crippen molar-refractivity contribution in [3.05, 3.63) is 0 Å². The number of carbonyl (C=O) groups excluding carboxylic acids is 1. The molecule has 0 aromatic carbocycles. The first kappa shape index (κ1) is 12.5. The molecule has 1 amide bonds. The number of hydrogen-bond donors (Lipinski definition) is 1. The standard InChI is InChI=1S/C15H26N2O/c1-13(2)7-11-8-14(3,9-13)10-17(11)12(18)15(16)5-4-6-15/h11H,4-10,16H2,1-3H3. The minimum Gasteiger partial charge on any atom is -0.338 e. The summed E-state index contributed by atoms with van der Waals surface area (Å²) in [6, 6.07) is 0.437. The summed E-state index contributed by atoms with van der Waals surface area (Å²) in [6.45, 7) is 7.96. The van der Waals surface area contributed by atoms with Crippen LogP contribution in [-0.2, 0) is 4.79 Å². The molecule has 3 fully saturated rings. The molecule has 0 radical (unpaired) electrons. The van der Waals surface area contributed by atoms with Gasteiger partial charge in [0.25, 0.3) is 0 Å². The van der Waals surface area contributed by atoms with Gasteiger partial charge in [-0.15, -0.1) is 0 Å². The van der Waals surface area contributed by atoms with Crippen molar-refractivity contribution >= 4 is 5.91 Å². The maximum atomic E-state index is 12.6. The van der Waals surface area contributed by atoms with Crippen LogP contribution in [0.25, 0.3) is 0 Å². The number of rotatable bonds is 1. The summed E-state index contributed by atoms with van der Waals surface area (Å²) >= 11 is 0. The van der Waals surface area contributed by atoms with E-state index in [1.807, 2.05) is 0 Å². The van der Waals surface area contributed by atoms with Crippen LogP contribution in [-0.4, -0.2) is 28.9 Å². The smallest absolute Gasteiger partial charge is 0.242 e. The third-order valence-corrected chi connectivity index (χ3v) is 5.35. The lowest BCUT2D eigenvalue weighted by Gasteiger charge is -2.42. The van der Waals surface area contributed by atoms with Crippen molar-refractivity contribution < 1.29 is 4.79 Å². The number of carbonyl (C=O) groups is 1. The Bertz CT molecular complexity index is 386. The maximum Gasteiger partial charge on any atom is 0.242 e. The quantitative estimate of drug-likeness (QED) is 0.776. The van der Waals surface area contributed by atoms with Gasteiger partial charge >= 0.3 is 0 Å². The molecule has 3 aliphatic rings. The maximum absolute atomic E-state index is 12.6. The Kier molecular flexibility index (Phi) is 2.42. The Balaban J connectivity index is 1.81. The zero-order chi connectivity index (χ0) is 13.2. The average molecular weight is 250 g/mol. The largest absolute Gasteiger partial charge is 0.338 e. The van der Waals surface area contributed by atoms with Gasteiger partial charge in [-0.25, -0.2) is 0 Å². The fraction of sp³-hybridized carbons (Fsp3) is 0.933.